The largest absolute Gasteiger partial charge is 0.481 e. The van der Waals surface area contributed by atoms with Crippen molar-refractivity contribution in [3.05, 3.63) is 63.6 Å². The third-order valence-corrected chi connectivity index (χ3v) is 6.83. The monoisotopic (exact) mass is 519 g/mol. The molecule has 3 N–H and O–H groups in total. The van der Waals surface area contributed by atoms with Crippen molar-refractivity contribution >= 4 is 46.8 Å². The number of aliphatic carboxylic acids is 1. The Kier molecular flexibility index (Phi) is 9.81. The summed E-state index contributed by atoms with van der Waals surface area (Å²) in [5.41, 5.74) is 1.85. The molecule has 2 aromatic rings. The number of nitrogens with one attached hydrogen (secondary N) is 2. The maximum Gasteiger partial charge on any atom is 0.322 e. The van der Waals surface area contributed by atoms with Crippen LogP contribution in [-0.4, -0.2) is 40.5 Å². The molecule has 9 heteroatoms. The van der Waals surface area contributed by atoms with E-state index in [2.05, 4.69) is 17.6 Å². The first-order valence-electron chi connectivity index (χ1n) is 11.9. The van der Waals surface area contributed by atoms with Crippen LogP contribution in [0.1, 0.15) is 61.4 Å². The van der Waals surface area contributed by atoms with E-state index in [1.165, 1.54) is 19.3 Å². The highest BCUT2D eigenvalue weighted by molar-refractivity contribution is 6.35. The van der Waals surface area contributed by atoms with Crippen LogP contribution in [0.5, 0.6) is 0 Å². The van der Waals surface area contributed by atoms with E-state index in [1.807, 2.05) is 17.0 Å². The fourth-order valence-corrected chi connectivity index (χ4v) is 4.96. The summed E-state index contributed by atoms with van der Waals surface area (Å²) in [6.07, 6.45) is 5.60. The molecule has 3 amide bonds. The number of carboxylic acids is 1. The van der Waals surface area contributed by atoms with Crippen LogP contribution in [-0.2, 0) is 11.3 Å². The summed E-state index contributed by atoms with van der Waals surface area (Å²) in [4.78, 5) is 38.1. The summed E-state index contributed by atoms with van der Waals surface area (Å²) in [7, 11) is 0. The lowest BCUT2D eigenvalue weighted by Crippen LogP contribution is -2.45. The van der Waals surface area contributed by atoms with Crippen molar-refractivity contribution in [1.29, 1.82) is 0 Å². The van der Waals surface area contributed by atoms with Gasteiger partial charge in [-0.05, 0) is 61.6 Å². The minimum Gasteiger partial charge on any atom is -0.481 e. The van der Waals surface area contributed by atoms with Crippen molar-refractivity contribution in [2.75, 3.05) is 11.9 Å². The Bertz CT molecular complexity index is 1020. The van der Waals surface area contributed by atoms with Crippen LogP contribution in [0.2, 0.25) is 10.0 Å². The number of urea groups is 1. The second-order valence-electron chi connectivity index (χ2n) is 8.95. The van der Waals surface area contributed by atoms with Gasteiger partial charge >= 0.3 is 12.0 Å². The van der Waals surface area contributed by atoms with Gasteiger partial charge in [0.2, 0.25) is 0 Å². The quantitative estimate of drug-likeness (QED) is 0.367. The lowest BCUT2D eigenvalue weighted by molar-refractivity contribution is -0.136. The van der Waals surface area contributed by atoms with E-state index in [9.17, 15) is 14.4 Å². The van der Waals surface area contributed by atoms with Crippen molar-refractivity contribution in [2.24, 2.45) is 5.92 Å². The maximum atomic E-state index is 13.4. The Hall–Kier alpha value is -2.77. The van der Waals surface area contributed by atoms with Gasteiger partial charge in [0.1, 0.15) is 0 Å². The summed E-state index contributed by atoms with van der Waals surface area (Å²) in [5, 5.41) is 15.1. The first-order valence-corrected chi connectivity index (χ1v) is 12.6. The van der Waals surface area contributed by atoms with Crippen LogP contribution in [0.25, 0.3) is 0 Å². The minimum atomic E-state index is -0.967. The molecule has 7 nitrogen and oxygen atoms in total. The van der Waals surface area contributed by atoms with Crippen LogP contribution in [0.15, 0.2) is 42.5 Å². The van der Waals surface area contributed by atoms with Gasteiger partial charge in [-0.3, -0.25) is 9.59 Å². The number of amides is 3. The summed E-state index contributed by atoms with van der Waals surface area (Å²) in [6.45, 7) is 2.53. The molecule has 188 valence electrons. The molecule has 1 unspecified atom stereocenters. The highest BCUT2D eigenvalue weighted by Crippen LogP contribution is 2.30. The molecule has 0 bridgehead atoms. The van der Waals surface area contributed by atoms with E-state index < -0.39 is 5.97 Å². The predicted octanol–water partition coefficient (Wildman–Crippen LogP) is 6.20. The molecule has 1 atom stereocenters. The van der Waals surface area contributed by atoms with Crippen molar-refractivity contribution in [3.8, 4) is 0 Å². The molecule has 2 aromatic carbocycles. The molecule has 1 saturated carbocycles. The van der Waals surface area contributed by atoms with Crippen LogP contribution in [0.4, 0.5) is 10.5 Å². The predicted molar refractivity (Wildman–Crippen MR) is 138 cm³/mol. The van der Waals surface area contributed by atoms with E-state index in [0.29, 0.717) is 33.8 Å². The Balaban J connectivity index is 1.73. The summed E-state index contributed by atoms with van der Waals surface area (Å²) in [5.74, 6) is -0.885. The number of hydrogen-bond donors (Lipinski definition) is 3. The molecular formula is C26H31Cl2N3O4. The lowest BCUT2D eigenvalue weighted by atomic mass is 9.84. The third kappa shape index (κ3) is 8.15. The molecule has 35 heavy (non-hydrogen) atoms. The van der Waals surface area contributed by atoms with Crippen molar-refractivity contribution < 1.29 is 19.5 Å². The molecule has 1 fully saturated rings. The van der Waals surface area contributed by atoms with E-state index in [1.54, 1.807) is 30.3 Å². The normalized spacial score (nSPS) is 14.7. The first-order chi connectivity index (χ1) is 16.7. The minimum absolute atomic E-state index is 0.0175. The zero-order valence-electron chi connectivity index (χ0n) is 19.7. The van der Waals surface area contributed by atoms with Gasteiger partial charge in [-0.15, -0.1) is 0 Å². The standard InChI is InChI=1S/C26H31Cl2N3O4/c1-17(19-5-3-2-4-6-19)31(26(35)30-23-14-21(27)13-22(28)15-23)16-18-7-9-20(10-8-18)25(34)29-12-11-24(32)33/h7-10,13-15,17,19H,2-6,11-12,16H2,1H3,(H,29,34)(H,30,35)(H,32,33). The molecule has 3 rings (SSSR count). The van der Waals surface area contributed by atoms with Crippen LogP contribution < -0.4 is 10.6 Å². The Morgan fingerprint density at radius 3 is 2.26 bits per heavy atom. The number of carbonyl (C=O) groups excluding carboxylic acids is 2. The summed E-state index contributed by atoms with van der Waals surface area (Å²) < 4.78 is 0. The summed E-state index contributed by atoms with van der Waals surface area (Å²) in [6, 6.07) is 11.7. The van der Waals surface area contributed by atoms with Crippen molar-refractivity contribution in [1.82, 2.24) is 10.2 Å². The first kappa shape index (κ1) is 26.8. The number of hydrogen-bond acceptors (Lipinski definition) is 3. The smallest absolute Gasteiger partial charge is 0.322 e. The van der Waals surface area contributed by atoms with E-state index in [0.717, 1.165) is 18.4 Å². The lowest BCUT2D eigenvalue weighted by Gasteiger charge is -2.37. The van der Waals surface area contributed by atoms with Crippen molar-refractivity contribution in [3.63, 3.8) is 0 Å². The highest BCUT2D eigenvalue weighted by atomic mass is 35.5. The Morgan fingerprint density at radius 2 is 1.66 bits per heavy atom. The van der Waals surface area contributed by atoms with Gasteiger partial charge in [0, 0.05) is 40.4 Å². The number of nitrogens with zero attached hydrogens (tertiary/aromatic N) is 1. The molecular weight excluding hydrogens is 489 g/mol. The van der Waals surface area contributed by atoms with Gasteiger partial charge in [0.25, 0.3) is 5.91 Å². The zero-order valence-corrected chi connectivity index (χ0v) is 21.2. The SMILES string of the molecule is CC(C1CCCCC1)N(Cc1ccc(C(=O)NCCC(=O)O)cc1)C(=O)Nc1cc(Cl)cc(Cl)c1. The zero-order chi connectivity index (χ0) is 25.4. The number of rotatable bonds is 9. The van der Waals surface area contributed by atoms with E-state index in [4.69, 9.17) is 28.3 Å². The van der Waals surface area contributed by atoms with E-state index in [-0.39, 0.29) is 30.9 Å². The Morgan fingerprint density at radius 1 is 1.03 bits per heavy atom. The number of carboxylic acid groups (broad SMARTS) is 1. The van der Waals surface area contributed by atoms with Gasteiger partial charge < -0.3 is 20.6 Å². The number of carbonyl (C=O) groups is 3. The average molecular weight is 520 g/mol. The van der Waals surface area contributed by atoms with Crippen molar-refractivity contribution in [2.45, 2.75) is 58.0 Å². The second-order valence-corrected chi connectivity index (χ2v) is 9.82. The Labute approximate surface area is 215 Å². The third-order valence-electron chi connectivity index (χ3n) is 6.39. The molecule has 0 aromatic heterocycles. The number of benzene rings is 2. The molecule has 0 saturated heterocycles. The molecule has 0 aliphatic heterocycles. The maximum absolute atomic E-state index is 13.4. The fraction of sp³-hybridized carbons (Fsp3) is 0.423. The number of anilines is 1. The average Bonchev–Trinajstić information content (AvgIpc) is 2.82. The van der Waals surface area contributed by atoms with Gasteiger partial charge in [-0.25, -0.2) is 4.79 Å². The van der Waals surface area contributed by atoms with Crippen LogP contribution in [0.3, 0.4) is 0 Å². The van der Waals surface area contributed by atoms with Gasteiger partial charge in [-0.2, -0.15) is 0 Å². The van der Waals surface area contributed by atoms with Crippen LogP contribution >= 0.6 is 23.2 Å². The highest BCUT2D eigenvalue weighted by Gasteiger charge is 2.29. The molecule has 1 aliphatic carbocycles. The topological polar surface area (TPSA) is 98.7 Å². The molecule has 1 aliphatic rings. The second kappa shape index (κ2) is 12.8. The fourth-order valence-electron chi connectivity index (χ4n) is 4.44. The van der Waals surface area contributed by atoms with Gasteiger partial charge in [0.05, 0.1) is 6.42 Å². The van der Waals surface area contributed by atoms with E-state index >= 15 is 0 Å². The summed E-state index contributed by atoms with van der Waals surface area (Å²) >= 11 is 12.2. The molecule has 0 heterocycles. The number of halogens is 2. The molecule has 0 radical (unpaired) electrons. The van der Waals surface area contributed by atoms with Crippen LogP contribution in [0, 0.1) is 5.92 Å². The van der Waals surface area contributed by atoms with Gasteiger partial charge in [-0.1, -0.05) is 54.6 Å². The molecule has 0 spiro atoms. The van der Waals surface area contributed by atoms with Gasteiger partial charge in [0.15, 0.2) is 0 Å².